The molecule has 0 aliphatic rings. The summed E-state index contributed by atoms with van der Waals surface area (Å²) >= 11 is 3.23. The van der Waals surface area contributed by atoms with Crippen molar-refractivity contribution in [2.75, 3.05) is 13.1 Å². The Hall–Kier alpha value is -2.85. The summed E-state index contributed by atoms with van der Waals surface area (Å²) in [5, 5.41) is 11.3. The number of nitrogens with zero attached hydrogens (tertiary/aromatic N) is 1. The highest BCUT2D eigenvalue weighted by molar-refractivity contribution is 9.10. The smallest absolute Gasteiger partial charge is 0.289 e. The second kappa shape index (κ2) is 8.95. The monoisotopic (exact) mass is 545 g/mol. The Kier molecular flexibility index (Phi) is 6.66. The number of amides is 1. The van der Waals surface area contributed by atoms with Gasteiger partial charge in [0.1, 0.15) is 10.6 Å². The van der Waals surface area contributed by atoms with Gasteiger partial charge in [0.25, 0.3) is 11.6 Å². The van der Waals surface area contributed by atoms with Crippen LogP contribution in [-0.2, 0) is 20.0 Å². The van der Waals surface area contributed by atoms with Crippen LogP contribution in [0.3, 0.4) is 0 Å². The summed E-state index contributed by atoms with van der Waals surface area (Å²) < 4.78 is 55.4. The molecule has 0 fully saturated rings. The third-order valence-electron chi connectivity index (χ3n) is 4.29. The fraction of sp³-hybridized carbons (Fsp3) is 0.118. The van der Waals surface area contributed by atoms with Crippen LogP contribution in [0.25, 0.3) is 10.9 Å². The predicted molar refractivity (Wildman–Crippen MR) is 118 cm³/mol. The number of hydrogen-bond donors (Lipinski definition) is 4. The maximum atomic E-state index is 12.9. The SMILES string of the molecule is NC(=O)c1[nH]c2ccc(Br)cc2c1S(=O)(=O)NCCNS(=O)(=O)c1ccccc1[N+](=O)[O-]. The molecule has 0 saturated carbocycles. The van der Waals surface area contributed by atoms with Crippen LogP contribution in [0.15, 0.2) is 56.7 Å². The van der Waals surface area contributed by atoms with E-state index in [1.807, 2.05) is 0 Å². The van der Waals surface area contributed by atoms with Gasteiger partial charge < -0.3 is 10.7 Å². The zero-order chi connectivity index (χ0) is 23.7. The van der Waals surface area contributed by atoms with Gasteiger partial charge in [0.05, 0.1) is 4.92 Å². The van der Waals surface area contributed by atoms with Gasteiger partial charge >= 0.3 is 0 Å². The van der Waals surface area contributed by atoms with E-state index >= 15 is 0 Å². The van der Waals surface area contributed by atoms with Crippen LogP contribution in [0, 0.1) is 10.1 Å². The third kappa shape index (κ3) is 4.81. The number of hydrogen-bond acceptors (Lipinski definition) is 7. The van der Waals surface area contributed by atoms with Gasteiger partial charge in [-0.25, -0.2) is 26.3 Å². The molecule has 1 heterocycles. The highest BCUT2D eigenvalue weighted by atomic mass is 79.9. The number of benzene rings is 2. The molecule has 1 amide bonds. The molecule has 3 rings (SSSR count). The molecule has 0 spiro atoms. The Morgan fingerprint density at radius 3 is 2.31 bits per heavy atom. The van der Waals surface area contributed by atoms with Crippen molar-refractivity contribution in [3.05, 3.63) is 62.7 Å². The molecular weight excluding hydrogens is 530 g/mol. The van der Waals surface area contributed by atoms with Crippen molar-refractivity contribution in [1.82, 2.24) is 14.4 Å². The number of nitrogens with one attached hydrogen (secondary N) is 3. The number of para-hydroxylation sites is 1. The number of carbonyl (C=O) groups excluding carboxylic acids is 1. The molecule has 1 aromatic heterocycles. The number of nitro benzene ring substituents is 1. The van der Waals surface area contributed by atoms with Crippen LogP contribution in [0.5, 0.6) is 0 Å². The van der Waals surface area contributed by atoms with E-state index in [2.05, 4.69) is 30.4 Å². The van der Waals surface area contributed by atoms with E-state index in [-0.39, 0.29) is 16.0 Å². The fourth-order valence-electron chi connectivity index (χ4n) is 2.95. The van der Waals surface area contributed by atoms with Crippen LogP contribution in [0.4, 0.5) is 5.69 Å². The number of nitro groups is 1. The van der Waals surface area contributed by atoms with Gasteiger partial charge in [0.2, 0.25) is 20.0 Å². The number of H-pyrrole nitrogens is 1. The van der Waals surface area contributed by atoms with Gasteiger partial charge in [0.15, 0.2) is 4.90 Å². The van der Waals surface area contributed by atoms with E-state index in [0.717, 1.165) is 12.1 Å². The van der Waals surface area contributed by atoms with Crippen LogP contribution < -0.4 is 15.2 Å². The molecule has 2 aromatic carbocycles. The van der Waals surface area contributed by atoms with E-state index in [0.29, 0.717) is 9.99 Å². The van der Waals surface area contributed by atoms with E-state index < -0.39 is 54.5 Å². The lowest BCUT2D eigenvalue weighted by molar-refractivity contribution is -0.387. The topological polar surface area (TPSA) is 194 Å². The van der Waals surface area contributed by atoms with Crippen molar-refractivity contribution in [2.45, 2.75) is 9.79 Å². The van der Waals surface area contributed by atoms with E-state index in [9.17, 15) is 31.7 Å². The number of carbonyl (C=O) groups is 1. The van der Waals surface area contributed by atoms with E-state index in [4.69, 9.17) is 5.73 Å². The summed E-state index contributed by atoms with van der Waals surface area (Å²) in [5.74, 6) is -0.991. The van der Waals surface area contributed by atoms with Gasteiger partial charge in [-0.3, -0.25) is 14.9 Å². The molecule has 0 aliphatic heterocycles. The average Bonchev–Trinajstić information content (AvgIpc) is 3.11. The highest BCUT2D eigenvalue weighted by Gasteiger charge is 2.28. The van der Waals surface area contributed by atoms with E-state index in [1.165, 1.54) is 18.2 Å². The number of primary amides is 1. The second-order valence-corrected chi connectivity index (χ2v) is 10.8. The van der Waals surface area contributed by atoms with Crippen molar-refractivity contribution in [3.63, 3.8) is 0 Å². The second-order valence-electron chi connectivity index (χ2n) is 6.40. The third-order valence-corrected chi connectivity index (χ3v) is 7.84. The van der Waals surface area contributed by atoms with Crippen molar-refractivity contribution >= 4 is 58.5 Å². The first-order valence-corrected chi connectivity index (χ1v) is 12.5. The number of fused-ring (bicyclic) bond motifs is 1. The average molecular weight is 546 g/mol. The number of sulfonamides is 2. The Balaban J connectivity index is 1.80. The highest BCUT2D eigenvalue weighted by Crippen LogP contribution is 2.29. The van der Waals surface area contributed by atoms with Gasteiger partial charge in [-0.2, -0.15) is 0 Å². The van der Waals surface area contributed by atoms with Crippen molar-refractivity contribution in [3.8, 4) is 0 Å². The summed E-state index contributed by atoms with van der Waals surface area (Å²) in [6, 6.07) is 9.44. The summed E-state index contributed by atoms with van der Waals surface area (Å²) in [5.41, 5.74) is 4.73. The summed E-state index contributed by atoms with van der Waals surface area (Å²) in [6.45, 7) is -0.813. The Labute approximate surface area is 190 Å². The molecule has 0 atom stereocenters. The molecule has 0 aliphatic carbocycles. The lowest BCUT2D eigenvalue weighted by Crippen LogP contribution is -2.35. The van der Waals surface area contributed by atoms with Gasteiger partial charge in [-0.15, -0.1) is 0 Å². The molecule has 0 bridgehead atoms. The van der Waals surface area contributed by atoms with Crippen molar-refractivity contribution in [1.29, 1.82) is 0 Å². The standard InChI is InChI=1S/C17H16BrN5O7S2/c18-10-5-6-12-11(9-10)16(15(22-12)17(19)24)32(29,30)21-8-7-20-31(27,28)14-4-2-1-3-13(14)23(25)26/h1-6,9,20-22H,7-8H2,(H2,19,24). The van der Waals surface area contributed by atoms with Crippen LogP contribution in [0.1, 0.15) is 10.5 Å². The van der Waals surface area contributed by atoms with Crippen molar-refractivity contribution < 1.29 is 26.6 Å². The first-order valence-electron chi connectivity index (χ1n) is 8.78. The van der Waals surface area contributed by atoms with Gasteiger partial charge in [-0.1, -0.05) is 28.1 Å². The minimum atomic E-state index is -4.29. The Morgan fingerprint density at radius 1 is 1.06 bits per heavy atom. The first kappa shape index (κ1) is 23.8. The van der Waals surface area contributed by atoms with Gasteiger partial charge in [-0.05, 0) is 24.3 Å². The Bertz CT molecular complexity index is 1430. The van der Waals surface area contributed by atoms with Crippen molar-refractivity contribution in [2.24, 2.45) is 5.73 Å². The molecule has 5 N–H and O–H groups in total. The first-order chi connectivity index (χ1) is 14.9. The molecule has 15 heteroatoms. The normalized spacial score (nSPS) is 12.2. The number of aromatic amines is 1. The zero-order valence-electron chi connectivity index (χ0n) is 16.0. The van der Waals surface area contributed by atoms with E-state index in [1.54, 1.807) is 12.1 Å². The van der Waals surface area contributed by atoms with Crippen LogP contribution >= 0.6 is 15.9 Å². The molecule has 0 saturated heterocycles. The number of nitrogens with two attached hydrogens (primary N) is 1. The number of halogens is 1. The summed E-state index contributed by atoms with van der Waals surface area (Å²) in [6.07, 6.45) is 0. The van der Waals surface area contributed by atoms with Gasteiger partial charge in [0, 0.05) is 34.5 Å². The lowest BCUT2D eigenvalue weighted by Gasteiger charge is -2.09. The minimum Gasteiger partial charge on any atom is -0.364 e. The van der Waals surface area contributed by atoms with Crippen LogP contribution in [0.2, 0.25) is 0 Å². The number of rotatable bonds is 9. The zero-order valence-corrected chi connectivity index (χ0v) is 19.3. The molecule has 0 unspecified atom stereocenters. The summed E-state index contributed by atoms with van der Waals surface area (Å²) in [4.78, 5) is 23.7. The summed E-state index contributed by atoms with van der Waals surface area (Å²) in [7, 11) is -8.57. The molecule has 170 valence electrons. The maximum Gasteiger partial charge on any atom is 0.289 e. The minimum absolute atomic E-state index is 0.209. The quantitative estimate of drug-likeness (QED) is 0.176. The molecule has 32 heavy (non-hydrogen) atoms. The van der Waals surface area contributed by atoms with Crippen LogP contribution in [-0.4, -0.2) is 45.7 Å². The largest absolute Gasteiger partial charge is 0.364 e. The Morgan fingerprint density at radius 2 is 1.69 bits per heavy atom. The molecule has 12 nitrogen and oxygen atoms in total. The number of aromatic nitrogens is 1. The molecule has 0 radical (unpaired) electrons. The predicted octanol–water partition coefficient (Wildman–Crippen LogP) is 1.19. The maximum absolute atomic E-state index is 12.9. The molecule has 3 aromatic rings. The lowest BCUT2D eigenvalue weighted by atomic mass is 10.2. The molecular formula is C17H16BrN5O7S2. The fourth-order valence-corrected chi connectivity index (χ4v) is 5.90.